The molecule has 0 spiro atoms. The van der Waals surface area contributed by atoms with Crippen molar-refractivity contribution >= 4 is 22.4 Å². The number of ether oxygens (including phenoxy) is 1. The molecular formula is C20H13N3O. The van der Waals surface area contributed by atoms with Crippen molar-refractivity contribution in [1.29, 1.82) is 0 Å². The van der Waals surface area contributed by atoms with E-state index in [-0.39, 0.29) is 0 Å². The van der Waals surface area contributed by atoms with E-state index in [0.717, 1.165) is 45.2 Å². The molecule has 0 saturated heterocycles. The molecule has 114 valence electrons. The molecule has 4 aromatic rings. The largest absolute Gasteiger partial charge is 0.453 e. The van der Waals surface area contributed by atoms with Crippen LogP contribution in [0.3, 0.4) is 0 Å². The van der Waals surface area contributed by atoms with E-state index in [1.807, 2.05) is 66.7 Å². The molecule has 0 unspecified atom stereocenters. The maximum Gasteiger partial charge on any atom is 0.159 e. The lowest BCUT2D eigenvalue weighted by Gasteiger charge is -2.23. The van der Waals surface area contributed by atoms with E-state index in [1.165, 1.54) is 0 Å². The lowest BCUT2D eigenvalue weighted by atomic mass is 10.1. The number of anilines is 2. The first-order chi connectivity index (χ1) is 11.9. The van der Waals surface area contributed by atoms with Gasteiger partial charge in [-0.25, -0.2) is 9.97 Å². The molecule has 0 fully saturated rings. The fraction of sp³-hybridized carbons (Fsp3) is 0. The highest BCUT2D eigenvalue weighted by molar-refractivity contribution is 5.89. The van der Waals surface area contributed by atoms with E-state index in [1.54, 1.807) is 6.20 Å². The molecule has 0 amide bonds. The van der Waals surface area contributed by atoms with Gasteiger partial charge >= 0.3 is 0 Å². The number of nitrogens with one attached hydrogen (secondary N) is 1. The standard InChI is InChI=1S/C20H13N3O/c1-2-8-17-16(7-1)22-19-14(6-3-9-18(19)24-17)15-11-10-13-5-4-12-21-20(13)23-15/h1-12,22H. The van der Waals surface area contributed by atoms with Gasteiger partial charge < -0.3 is 10.1 Å². The van der Waals surface area contributed by atoms with Gasteiger partial charge in [0.25, 0.3) is 0 Å². The molecule has 3 heterocycles. The summed E-state index contributed by atoms with van der Waals surface area (Å²) >= 11 is 0. The van der Waals surface area contributed by atoms with Crippen molar-refractivity contribution in [2.75, 3.05) is 5.32 Å². The van der Waals surface area contributed by atoms with Gasteiger partial charge in [0.15, 0.2) is 17.1 Å². The van der Waals surface area contributed by atoms with Crippen molar-refractivity contribution in [2.45, 2.75) is 0 Å². The lowest BCUT2D eigenvalue weighted by Crippen LogP contribution is -2.04. The smallest absolute Gasteiger partial charge is 0.159 e. The Labute approximate surface area is 138 Å². The monoisotopic (exact) mass is 311 g/mol. The first-order valence-electron chi connectivity index (χ1n) is 7.77. The van der Waals surface area contributed by atoms with Crippen molar-refractivity contribution in [3.63, 3.8) is 0 Å². The Balaban J connectivity index is 1.67. The average molecular weight is 311 g/mol. The lowest BCUT2D eigenvalue weighted by molar-refractivity contribution is 0.481. The van der Waals surface area contributed by atoms with Crippen LogP contribution >= 0.6 is 0 Å². The second kappa shape index (κ2) is 5.06. The van der Waals surface area contributed by atoms with E-state index < -0.39 is 0 Å². The molecule has 0 radical (unpaired) electrons. The molecule has 5 rings (SSSR count). The van der Waals surface area contributed by atoms with Crippen molar-refractivity contribution in [3.8, 4) is 22.8 Å². The first kappa shape index (κ1) is 13.1. The van der Waals surface area contributed by atoms with Crippen LogP contribution < -0.4 is 10.1 Å². The number of benzene rings is 2. The second-order valence-electron chi connectivity index (χ2n) is 5.65. The van der Waals surface area contributed by atoms with Crippen LogP contribution in [-0.4, -0.2) is 9.97 Å². The zero-order chi connectivity index (χ0) is 15.9. The van der Waals surface area contributed by atoms with Crippen LogP contribution in [-0.2, 0) is 0 Å². The summed E-state index contributed by atoms with van der Waals surface area (Å²) in [6.07, 6.45) is 1.76. The summed E-state index contributed by atoms with van der Waals surface area (Å²) in [5.41, 5.74) is 4.49. The fourth-order valence-electron chi connectivity index (χ4n) is 2.97. The number of aromatic nitrogens is 2. The number of rotatable bonds is 1. The predicted octanol–water partition coefficient (Wildman–Crippen LogP) is 5.15. The van der Waals surface area contributed by atoms with Crippen LogP contribution in [0.2, 0.25) is 0 Å². The normalized spacial score (nSPS) is 12.0. The average Bonchev–Trinajstić information content (AvgIpc) is 2.65. The molecule has 0 saturated carbocycles. The number of hydrogen-bond acceptors (Lipinski definition) is 4. The zero-order valence-corrected chi connectivity index (χ0v) is 12.7. The summed E-state index contributed by atoms with van der Waals surface area (Å²) in [5.74, 6) is 1.63. The van der Waals surface area contributed by atoms with Crippen LogP contribution in [0.25, 0.3) is 22.3 Å². The fourth-order valence-corrected chi connectivity index (χ4v) is 2.97. The first-order valence-corrected chi connectivity index (χ1v) is 7.77. The minimum atomic E-state index is 0.740. The van der Waals surface area contributed by atoms with Gasteiger partial charge in [-0.05, 0) is 42.5 Å². The number of para-hydroxylation sites is 3. The van der Waals surface area contributed by atoms with Crippen LogP contribution in [0.4, 0.5) is 11.4 Å². The SMILES string of the molecule is c1ccc2c(c1)Nc1c(cccc1-c1ccc3cccnc3n1)O2. The Hall–Kier alpha value is -3.40. The van der Waals surface area contributed by atoms with Crippen molar-refractivity contribution < 1.29 is 4.74 Å². The highest BCUT2D eigenvalue weighted by Gasteiger charge is 2.20. The maximum absolute atomic E-state index is 6.02. The van der Waals surface area contributed by atoms with E-state index in [4.69, 9.17) is 9.72 Å². The third-order valence-electron chi connectivity index (χ3n) is 4.13. The summed E-state index contributed by atoms with van der Waals surface area (Å²) in [5, 5.41) is 4.50. The molecule has 4 heteroatoms. The summed E-state index contributed by atoms with van der Waals surface area (Å²) in [6.45, 7) is 0. The van der Waals surface area contributed by atoms with Gasteiger partial charge in [-0.3, -0.25) is 0 Å². The number of fused-ring (bicyclic) bond motifs is 3. The Kier molecular flexibility index (Phi) is 2.76. The molecular weight excluding hydrogens is 298 g/mol. The minimum Gasteiger partial charge on any atom is -0.453 e. The van der Waals surface area contributed by atoms with Gasteiger partial charge in [0, 0.05) is 17.1 Å². The number of pyridine rings is 2. The Morgan fingerprint density at radius 1 is 0.792 bits per heavy atom. The van der Waals surface area contributed by atoms with Gasteiger partial charge in [-0.1, -0.05) is 24.3 Å². The van der Waals surface area contributed by atoms with E-state index >= 15 is 0 Å². The Bertz CT molecular complexity index is 1080. The summed E-state index contributed by atoms with van der Waals surface area (Å²) in [6, 6.07) is 21.9. The molecule has 2 aromatic carbocycles. The van der Waals surface area contributed by atoms with Crippen molar-refractivity contribution in [3.05, 3.63) is 72.9 Å². The third kappa shape index (κ3) is 2.01. The highest BCUT2D eigenvalue weighted by atomic mass is 16.5. The molecule has 0 aliphatic carbocycles. The molecule has 4 nitrogen and oxygen atoms in total. The van der Waals surface area contributed by atoms with Gasteiger partial charge in [-0.2, -0.15) is 0 Å². The molecule has 1 N–H and O–H groups in total. The van der Waals surface area contributed by atoms with Crippen LogP contribution in [0, 0.1) is 0 Å². The number of hydrogen-bond donors (Lipinski definition) is 1. The maximum atomic E-state index is 6.02. The minimum absolute atomic E-state index is 0.740. The molecule has 0 bridgehead atoms. The summed E-state index contributed by atoms with van der Waals surface area (Å²) < 4.78 is 6.02. The highest BCUT2D eigenvalue weighted by Crippen LogP contribution is 2.45. The van der Waals surface area contributed by atoms with Crippen molar-refractivity contribution in [2.24, 2.45) is 0 Å². The second-order valence-corrected chi connectivity index (χ2v) is 5.65. The van der Waals surface area contributed by atoms with Gasteiger partial charge in [0.2, 0.25) is 0 Å². The molecule has 24 heavy (non-hydrogen) atoms. The molecule has 0 atom stereocenters. The number of nitrogens with zero attached hydrogens (tertiary/aromatic N) is 2. The molecule has 1 aliphatic heterocycles. The van der Waals surface area contributed by atoms with Gasteiger partial charge in [0.1, 0.15) is 0 Å². The topological polar surface area (TPSA) is 47.0 Å². The molecule has 1 aliphatic rings. The zero-order valence-electron chi connectivity index (χ0n) is 12.7. The van der Waals surface area contributed by atoms with Crippen molar-refractivity contribution in [1.82, 2.24) is 9.97 Å². The third-order valence-corrected chi connectivity index (χ3v) is 4.13. The summed E-state index contributed by atoms with van der Waals surface area (Å²) in [4.78, 5) is 9.06. The summed E-state index contributed by atoms with van der Waals surface area (Å²) in [7, 11) is 0. The van der Waals surface area contributed by atoms with E-state index in [9.17, 15) is 0 Å². The Morgan fingerprint density at radius 2 is 1.71 bits per heavy atom. The quantitative estimate of drug-likeness (QED) is 0.465. The Morgan fingerprint density at radius 3 is 2.71 bits per heavy atom. The van der Waals surface area contributed by atoms with Crippen LogP contribution in [0.15, 0.2) is 72.9 Å². The van der Waals surface area contributed by atoms with Crippen LogP contribution in [0.5, 0.6) is 11.5 Å². The predicted molar refractivity (Wildman–Crippen MR) is 94.8 cm³/mol. The van der Waals surface area contributed by atoms with Gasteiger partial charge in [0.05, 0.1) is 17.1 Å². The van der Waals surface area contributed by atoms with E-state index in [2.05, 4.69) is 10.3 Å². The van der Waals surface area contributed by atoms with Gasteiger partial charge in [-0.15, -0.1) is 0 Å². The molecule has 2 aromatic heterocycles. The van der Waals surface area contributed by atoms with E-state index in [0.29, 0.717) is 0 Å². The van der Waals surface area contributed by atoms with Crippen LogP contribution in [0.1, 0.15) is 0 Å².